The van der Waals surface area contributed by atoms with Crippen molar-refractivity contribution in [3.8, 4) is 0 Å². The number of alkyl halides is 8. The van der Waals surface area contributed by atoms with Crippen molar-refractivity contribution in [2.24, 2.45) is 5.92 Å². The van der Waals surface area contributed by atoms with Crippen LogP contribution in [0, 0.1) is 5.92 Å². The van der Waals surface area contributed by atoms with E-state index in [0.717, 1.165) is 0 Å². The highest BCUT2D eigenvalue weighted by atomic mass is 19.4. The number of ether oxygens (including phenoxy) is 1. The third-order valence-corrected chi connectivity index (χ3v) is 3.55. The first kappa shape index (κ1) is 20.2. The van der Waals surface area contributed by atoms with Gasteiger partial charge in [-0.1, -0.05) is 13.8 Å². The largest absolute Gasteiger partial charge is 0.478 e. The molecular weight excluding hydrogens is 360 g/mol. The summed E-state index contributed by atoms with van der Waals surface area (Å²) in [6.45, 7) is 0.904. The number of carboxylic acid groups (broad SMARTS) is 1. The standard InChI is InChI=1S/C12H10F8O4/c1-5(2)8(24-7(23)4-3-6(21)22)9(13,14)11(17,18)12(19,20)10(8,15)16/h3-5H,1-2H3,(H,21,22)/b4-3+. The second-order valence-corrected chi connectivity index (χ2v) is 5.28. The molecule has 12 heteroatoms. The van der Waals surface area contributed by atoms with Gasteiger partial charge in [0.2, 0.25) is 0 Å². The first-order chi connectivity index (χ1) is 10.5. The van der Waals surface area contributed by atoms with Gasteiger partial charge in [-0.05, 0) is 0 Å². The molecular formula is C12H10F8O4. The predicted octanol–water partition coefficient (Wildman–Crippen LogP) is 3.12. The van der Waals surface area contributed by atoms with Crippen LogP contribution in [0.3, 0.4) is 0 Å². The molecule has 0 amide bonds. The summed E-state index contributed by atoms with van der Waals surface area (Å²) in [4.78, 5) is 21.5. The molecule has 1 saturated carbocycles. The van der Waals surface area contributed by atoms with Gasteiger partial charge in [0.1, 0.15) is 0 Å². The van der Waals surface area contributed by atoms with Gasteiger partial charge in [0.05, 0.1) is 0 Å². The van der Waals surface area contributed by atoms with Crippen molar-refractivity contribution in [1.29, 1.82) is 0 Å². The molecule has 0 aromatic heterocycles. The van der Waals surface area contributed by atoms with E-state index in [4.69, 9.17) is 5.11 Å². The molecule has 24 heavy (non-hydrogen) atoms. The maximum atomic E-state index is 13.9. The summed E-state index contributed by atoms with van der Waals surface area (Å²) < 4.78 is 113. The highest BCUT2D eigenvalue weighted by Crippen LogP contribution is 2.70. The van der Waals surface area contributed by atoms with E-state index in [-0.39, 0.29) is 12.2 Å². The van der Waals surface area contributed by atoms with Gasteiger partial charge in [-0.15, -0.1) is 0 Å². The Morgan fingerprint density at radius 3 is 1.50 bits per heavy atom. The number of halogens is 8. The van der Waals surface area contributed by atoms with Crippen LogP contribution in [0.15, 0.2) is 12.2 Å². The lowest BCUT2D eigenvalue weighted by Crippen LogP contribution is -2.64. The van der Waals surface area contributed by atoms with Crippen molar-refractivity contribution in [3.05, 3.63) is 12.2 Å². The average Bonchev–Trinajstić information content (AvgIpc) is 2.45. The third-order valence-electron chi connectivity index (χ3n) is 3.55. The lowest BCUT2D eigenvalue weighted by Gasteiger charge is -2.40. The molecule has 4 nitrogen and oxygen atoms in total. The average molecular weight is 370 g/mol. The van der Waals surface area contributed by atoms with E-state index in [0.29, 0.717) is 13.8 Å². The molecule has 0 aromatic rings. The number of carboxylic acids is 1. The summed E-state index contributed by atoms with van der Waals surface area (Å²) in [5, 5.41) is 8.24. The number of carbonyl (C=O) groups is 2. The third kappa shape index (κ3) is 2.10. The zero-order chi connectivity index (χ0) is 19.4. The molecule has 0 unspecified atom stereocenters. The number of carbonyl (C=O) groups excluding carboxylic acids is 1. The monoisotopic (exact) mass is 370 g/mol. The van der Waals surface area contributed by atoms with Gasteiger partial charge in [-0.2, -0.15) is 35.1 Å². The van der Waals surface area contributed by atoms with Crippen molar-refractivity contribution in [3.63, 3.8) is 0 Å². The van der Waals surface area contributed by atoms with Gasteiger partial charge >= 0.3 is 35.6 Å². The topological polar surface area (TPSA) is 63.6 Å². The highest BCUT2D eigenvalue weighted by molar-refractivity contribution is 5.91. The minimum absolute atomic E-state index is 0.0299. The number of rotatable bonds is 4. The molecule has 0 heterocycles. The Kier molecular flexibility index (Phi) is 4.46. The molecule has 1 rings (SSSR count). The maximum Gasteiger partial charge on any atom is 0.382 e. The molecule has 138 valence electrons. The van der Waals surface area contributed by atoms with Gasteiger partial charge in [-0.25, -0.2) is 9.59 Å². The van der Waals surface area contributed by atoms with Crippen molar-refractivity contribution in [2.45, 2.75) is 43.1 Å². The first-order valence-corrected chi connectivity index (χ1v) is 6.16. The fraction of sp³-hybridized carbons (Fsp3) is 0.667. The first-order valence-electron chi connectivity index (χ1n) is 6.16. The van der Waals surface area contributed by atoms with Crippen LogP contribution >= 0.6 is 0 Å². The Balaban J connectivity index is 3.61. The summed E-state index contributed by atoms with van der Waals surface area (Å²) in [5.74, 6) is -31.8. The Hall–Kier alpha value is -1.88. The summed E-state index contributed by atoms with van der Waals surface area (Å²) in [5.41, 5.74) is -4.90. The van der Waals surface area contributed by atoms with Crippen molar-refractivity contribution in [2.75, 3.05) is 0 Å². The lowest BCUT2D eigenvalue weighted by atomic mass is 9.82. The van der Waals surface area contributed by atoms with Crippen LogP contribution in [0.25, 0.3) is 0 Å². The predicted molar refractivity (Wildman–Crippen MR) is 60.2 cm³/mol. The number of hydrogen-bond donors (Lipinski definition) is 1. The van der Waals surface area contributed by atoms with Gasteiger partial charge in [0.15, 0.2) is 0 Å². The van der Waals surface area contributed by atoms with Crippen LogP contribution in [-0.2, 0) is 14.3 Å². The molecule has 0 radical (unpaired) electrons. The Labute approximate surface area is 129 Å². The van der Waals surface area contributed by atoms with Crippen LogP contribution in [0.1, 0.15) is 13.8 Å². The fourth-order valence-electron chi connectivity index (χ4n) is 2.36. The SMILES string of the molecule is CC(C)C1(OC(=O)/C=C/C(=O)O)C(F)(F)C(F)(F)C(F)(F)C1(F)F. The molecule has 0 bridgehead atoms. The van der Waals surface area contributed by atoms with E-state index < -0.39 is 47.1 Å². The van der Waals surface area contributed by atoms with Crippen molar-refractivity contribution < 1.29 is 54.6 Å². The number of esters is 1. The summed E-state index contributed by atoms with van der Waals surface area (Å²) >= 11 is 0. The van der Waals surface area contributed by atoms with Crippen LogP contribution in [0.4, 0.5) is 35.1 Å². The van der Waals surface area contributed by atoms with Crippen LogP contribution in [0.5, 0.6) is 0 Å². The molecule has 1 aliphatic rings. The molecule has 1 aliphatic carbocycles. The van der Waals surface area contributed by atoms with E-state index in [1.165, 1.54) is 0 Å². The Morgan fingerprint density at radius 2 is 1.21 bits per heavy atom. The van der Waals surface area contributed by atoms with Crippen LogP contribution < -0.4 is 0 Å². The fourth-order valence-corrected chi connectivity index (χ4v) is 2.36. The molecule has 0 aliphatic heterocycles. The van der Waals surface area contributed by atoms with E-state index in [1.54, 1.807) is 0 Å². The summed E-state index contributed by atoms with van der Waals surface area (Å²) in [6, 6.07) is 0. The minimum Gasteiger partial charge on any atom is -0.478 e. The Bertz CT molecular complexity index is 556. The quantitative estimate of drug-likeness (QED) is 0.469. The molecule has 0 saturated heterocycles. The van der Waals surface area contributed by atoms with Gasteiger partial charge in [-0.3, -0.25) is 0 Å². The van der Waals surface area contributed by atoms with Gasteiger partial charge in [0, 0.05) is 18.1 Å². The van der Waals surface area contributed by atoms with E-state index in [1.807, 2.05) is 0 Å². The summed E-state index contributed by atoms with van der Waals surface area (Å²) in [7, 11) is 0. The molecule has 1 fully saturated rings. The minimum atomic E-state index is -6.52. The molecule has 0 atom stereocenters. The van der Waals surface area contributed by atoms with Crippen LogP contribution in [-0.4, -0.2) is 46.3 Å². The summed E-state index contributed by atoms with van der Waals surface area (Å²) in [6.07, 6.45) is -0.175. The van der Waals surface area contributed by atoms with Crippen molar-refractivity contribution in [1.82, 2.24) is 0 Å². The van der Waals surface area contributed by atoms with E-state index in [9.17, 15) is 44.7 Å². The van der Waals surface area contributed by atoms with Crippen LogP contribution in [0.2, 0.25) is 0 Å². The molecule has 1 N–H and O–H groups in total. The zero-order valence-electron chi connectivity index (χ0n) is 11.9. The van der Waals surface area contributed by atoms with Gasteiger partial charge < -0.3 is 9.84 Å². The Morgan fingerprint density at radius 1 is 0.833 bits per heavy atom. The highest BCUT2D eigenvalue weighted by Gasteiger charge is 3.01. The van der Waals surface area contributed by atoms with E-state index >= 15 is 0 Å². The second-order valence-electron chi connectivity index (χ2n) is 5.28. The van der Waals surface area contributed by atoms with Gasteiger partial charge in [0.25, 0.3) is 5.60 Å². The molecule has 0 spiro atoms. The molecule has 0 aromatic carbocycles. The lowest BCUT2D eigenvalue weighted by molar-refractivity contribution is -0.303. The number of hydrogen-bond acceptors (Lipinski definition) is 3. The normalized spacial score (nSPS) is 25.8. The zero-order valence-corrected chi connectivity index (χ0v) is 11.9. The smallest absolute Gasteiger partial charge is 0.382 e. The maximum absolute atomic E-state index is 13.9. The number of aliphatic carboxylic acids is 1. The van der Waals surface area contributed by atoms with Crippen molar-refractivity contribution >= 4 is 11.9 Å². The second kappa shape index (κ2) is 5.31. The van der Waals surface area contributed by atoms with E-state index in [2.05, 4.69) is 4.74 Å².